The summed E-state index contributed by atoms with van der Waals surface area (Å²) < 4.78 is 12.2. The Labute approximate surface area is 191 Å². The van der Waals surface area contributed by atoms with Crippen LogP contribution >= 0.6 is 0 Å². The van der Waals surface area contributed by atoms with Crippen LogP contribution in [0.2, 0.25) is 0 Å². The summed E-state index contributed by atoms with van der Waals surface area (Å²) in [5.74, 6) is 0.841. The molecule has 0 amide bonds. The Bertz CT molecular complexity index is 646. The van der Waals surface area contributed by atoms with Crippen LogP contribution in [-0.4, -0.2) is 26.4 Å². The van der Waals surface area contributed by atoms with Gasteiger partial charge >= 0.3 is 0 Å². The van der Waals surface area contributed by atoms with Gasteiger partial charge in [0, 0.05) is 25.0 Å². The molecule has 0 bridgehead atoms. The zero-order valence-corrected chi connectivity index (χ0v) is 20.7. The fourth-order valence-electron chi connectivity index (χ4n) is 4.05. The SMILES string of the molecule is CC(C)(C)C(COCCCCCOCC(c1ccccc1)C(C)(C)C)c1ccccc1. The minimum absolute atomic E-state index is 0.192. The van der Waals surface area contributed by atoms with Crippen molar-refractivity contribution in [2.45, 2.75) is 72.6 Å². The monoisotopic (exact) mass is 424 g/mol. The second-order valence-electron chi connectivity index (χ2n) is 10.9. The standard InChI is InChI=1S/C29H44O2/c1-28(2,3)26(24-16-10-7-11-17-24)22-30-20-14-9-15-21-31-23-27(29(4,5)6)25-18-12-8-13-19-25/h7-8,10-13,16-19,26-27H,9,14-15,20-23H2,1-6H3. The van der Waals surface area contributed by atoms with Gasteiger partial charge in [0.05, 0.1) is 13.2 Å². The van der Waals surface area contributed by atoms with Crippen LogP contribution in [0.25, 0.3) is 0 Å². The maximum Gasteiger partial charge on any atom is 0.0539 e. The first-order valence-electron chi connectivity index (χ1n) is 11.9. The molecule has 2 heteroatoms. The number of unbranched alkanes of at least 4 members (excludes halogenated alkanes) is 2. The van der Waals surface area contributed by atoms with Crippen LogP contribution in [0.3, 0.4) is 0 Å². The molecule has 31 heavy (non-hydrogen) atoms. The Morgan fingerprint density at radius 2 is 0.903 bits per heavy atom. The Hall–Kier alpha value is -1.64. The Morgan fingerprint density at radius 3 is 1.23 bits per heavy atom. The largest absolute Gasteiger partial charge is 0.381 e. The van der Waals surface area contributed by atoms with Crippen molar-refractivity contribution in [2.24, 2.45) is 10.8 Å². The third kappa shape index (κ3) is 9.17. The maximum atomic E-state index is 6.08. The fourth-order valence-corrected chi connectivity index (χ4v) is 4.05. The zero-order chi connectivity index (χ0) is 22.7. The van der Waals surface area contributed by atoms with Gasteiger partial charge < -0.3 is 9.47 Å². The van der Waals surface area contributed by atoms with E-state index in [9.17, 15) is 0 Å². The van der Waals surface area contributed by atoms with Crippen molar-refractivity contribution >= 4 is 0 Å². The van der Waals surface area contributed by atoms with Crippen LogP contribution in [-0.2, 0) is 9.47 Å². The van der Waals surface area contributed by atoms with Crippen molar-refractivity contribution in [1.29, 1.82) is 0 Å². The molecule has 2 aromatic rings. The highest BCUT2D eigenvalue weighted by Crippen LogP contribution is 2.36. The van der Waals surface area contributed by atoms with Crippen LogP contribution < -0.4 is 0 Å². The van der Waals surface area contributed by atoms with Crippen molar-refractivity contribution in [1.82, 2.24) is 0 Å². The van der Waals surface area contributed by atoms with Crippen molar-refractivity contribution in [2.75, 3.05) is 26.4 Å². The summed E-state index contributed by atoms with van der Waals surface area (Å²) in [6.07, 6.45) is 3.34. The topological polar surface area (TPSA) is 18.5 Å². The third-order valence-electron chi connectivity index (χ3n) is 6.14. The van der Waals surface area contributed by atoms with E-state index in [2.05, 4.69) is 102 Å². The molecule has 0 spiro atoms. The average Bonchev–Trinajstić information content (AvgIpc) is 2.71. The van der Waals surface area contributed by atoms with Crippen molar-refractivity contribution in [3.8, 4) is 0 Å². The first-order valence-corrected chi connectivity index (χ1v) is 11.9. The van der Waals surface area contributed by atoms with Crippen LogP contribution in [0.5, 0.6) is 0 Å². The van der Waals surface area contributed by atoms with Gasteiger partial charge in [0.2, 0.25) is 0 Å². The van der Waals surface area contributed by atoms with Gasteiger partial charge in [0.15, 0.2) is 0 Å². The molecule has 0 radical (unpaired) electrons. The van der Waals surface area contributed by atoms with E-state index in [1.54, 1.807) is 0 Å². The highest BCUT2D eigenvalue weighted by molar-refractivity contribution is 5.22. The molecule has 2 nitrogen and oxygen atoms in total. The second-order valence-corrected chi connectivity index (χ2v) is 10.9. The van der Waals surface area contributed by atoms with Crippen molar-refractivity contribution < 1.29 is 9.47 Å². The predicted molar refractivity (Wildman–Crippen MR) is 133 cm³/mol. The lowest BCUT2D eigenvalue weighted by Gasteiger charge is -2.31. The summed E-state index contributed by atoms with van der Waals surface area (Å²) in [6, 6.07) is 21.5. The first kappa shape index (κ1) is 25.6. The summed E-state index contributed by atoms with van der Waals surface area (Å²) in [4.78, 5) is 0. The highest BCUT2D eigenvalue weighted by atomic mass is 16.5. The third-order valence-corrected chi connectivity index (χ3v) is 6.14. The summed E-state index contributed by atoms with van der Waals surface area (Å²) in [7, 11) is 0. The van der Waals surface area contributed by atoms with Gasteiger partial charge in [-0.2, -0.15) is 0 Å². The van der Waals surface area contributed by atoms with Gasteiger partial charge in [-0.05, 0) is 41.2 Å². The van der Waals surface area contributed by atoms with E-state index in [1.165, 1.54) is 11.1 Å². The van der Waals surface area contributed by atoms with Gasteiger partial charge in [0.25, 0.3) is 0 Å². The minimum atomic E-state index is 0.192. The molecule has 0 aliphatic rings. The number of ether oxygens (including phenoxy) is 2. The van der Waals surface area contributed by atoms with E-state index in [0.29, 0.717) is 11.8 Å². The predicted octanol–water partition coefficient (Wildman–Crippen LogP) is 7.85. The van der Waals surface area contributed by atoms with E-state index in [0.717, 1.165) is 45.7 Å². The zero-order valence-electron chi connectivity index (χ0n) is 20.7. The number of rotatable bonds is 12. The number of benzene rings is 2. The molecule has 0 aliphatic carbocycles. The van der Waals surface area contributed by atoms with Crippen molar-refractivity contribution in [3.05, 3.63) is 71.8 Å². The molecule has 0 aliphatic heterocycles. The molecule has 172 valence electrons. The van der Waals surface area contributed by atoms with Crippen LogP contribution in [0.1, 0.15) is 83.8 Å². The van der Waals surface area contributed by atoms with E-state index < -0.39 is 0 Å². The summed E-state index contributed by atoms with van der Waals surface area (Å²) >= 11 is 0. The Morgan fingerprint density at radius 1 is 0.548 bits per heavy atom. The van der Waals surface area contributed by atoms with E-state index >= 15 is 0 Å². The lowest BCUT2D eigenvalue weighted by molar-refractivity contribution is 0.0744. The Kier molecular flexibility index (Phi) is 10.3. The minimum Gasteiger partial charge on any atom is -0.381 e. The molecule has 2 atom stereocenters. The molecule has 0 fully saturated rings. The Balaban J connectivity index is 1.64. The molecular formula is C29H44O2. The number of hydrogen-bond donors (Lipinski definition) is 0. The summed E-state index contributed by atoms with van der Waals surface area (Å²) in [6.45, 7) is 17.0. The quantitative estimate of drug-likeness (QED) is 0.323. The molecule has 2 rings (SSSR count). The van der Waals surface area contributed by atoms with Gasteiger partial charge in [-0.1, -0.05) is 102 Å². The van der Waals surface area contributed by atoms with Crippen LogP contribution in [0, 0.1) is 10.8 Å². The van der Waals surface area contributed by atoms with Gasteiger partial charge in [-0.15, -0.1) is 0 Å². The second kappa shape index (κ2) is 12.4. The van der Waals surface area contributed by atoms with Crippen LogP contribution in [0.15, 0.2) is 60.7 Å². The summed E-state index contributed by atoms with van der Waals surface area (Å²) in [5.41, 5.74) is 3.13. The fraction of sp³-hybridized carbons (Fsp3) is 0.586. The molecule has 2 aromatic carbocycles. The molecule has 0 N–H and O–H groups in total. The molecule has 0 aromatic heterocycles. The average molecular weight is 425 g/mol. The van der Waals surface area contributed by atoms with Crippen molar-refractivity contribution in [3.63, 3.8) is 0 Å². The van der Waals surface area contributed by atoms with Gasteiger partial charge in [0.1, 0.15) is 0 Å². The van der Waals surface area contributed by atoms with Gasteiger partial charge in [-0.3, -0.25) is 0 Å². The molecule has 0 heterocycles. The van der Waals surface area contributed by atoms with E-state index in [1.807, 2.05) is 0 Å². The molecule has 2 unspecified atom stereocenters. The number of hydrogen-bond acceptors (Lipinski definition) is 2. The van der Waals surface area contributed by atoms with Crippen LogP contribution in [0.4, 0.5) is 0 Å². The first-order chi connectivity index (χ1) is 14.7. The van der Waals surface area contributed by atoms with Gasteiger partial charge in [-0.25, -0.2) is 0 Å². The van der Waals surface area contributed by atoms with E-state index in [-0.39, 0.29) is 10.8 Å². The normalized spacial score (nSPS) is 14.4. The smallest absolute Gasteiger partial charge is 0.0539 e. The molecule has 0 saturated heterocycles. The van der Waals surface area contributed by atoms with E-state index in [4.69, 9.17) is 9.47 Å². The molecule has 0 saturated carbocycles. The molecular weight excluding hydrogens is 380 g/mol. The highest BCUT2D eigenvalue weighted by Gasteiger charge is 2.27. The lowest BCUT2D eigenvalue weighted by atomic mass is 9.77. The lowest BCUT2D eigenvalue weighted by Crippen LogP contribution is -2.23. The maximum absolute atomic E-state index is 6.08. The summed E-state index contributed by atoms with van der Waals surface area (Å²) in [5, 5.41) is 0.